The van der Waals surface area contributed by atoms with E-state index in [2.05, 4.69) is 10.0 Å². The molecule has 0 bridgehead atoms. The zero-order valence-electron chi connectivity index (χ0n) is 21.8. The van der Waals surface area contributed by atoms with E-state index in [1.807, 2.05) is 38.1 Å². The van der Waals surface area contributed by atoms with Crippen molar-refractivity contribution in [3.05, 3.63) is 60.2 Å². The Kier molecular flexibility index (Phi) is 11.1. The molecule has 1 heterocycles. The second-order valence-corrected chi connectivity index (χ2v) is 11.9. The smallest absolute Gasteiger partial charge is 0.407 e. The van der Waals surface area contributed by atoms with Crippen LogP contribution in [-0.2, 0) is 26.0 Å². The van der Waals surface area contributed by atoms with Gasteiger partial charge in [0.1, 0.15) is 0 Å². The van der Waals surface area contributed by atoms with E-state index >= 15 is 0 Å². The number of methoxy groups -OCH3 is 1. The van der Waals surface area contributed by atoms with E-state index in [1.54, 1.807) is 23.1 Å². The standard InChI is InChI=1S/C26H36N4O6S.ClH/c1-26(2,14-21(27)23(31)16-28-37(34,35)20-10-5-4-6-11-20)15-24(32)30-17-19(29-25(33)36-3)13-18-9-7-8-12-22(18)30;/h4-12,19,21,23,28,31H,13-17,27H2,1-3H3,(H,29,33);1H/t19?,21-,23-;/m0./s1. The molecule has 0 radical (unpaired) electrons. The third-order valence-corrected chi connectivity index (χ3v) is 7.85. The number of alkyl carbamates (subject to hydrolysis) is 1. The van der Waals surface area contributed by atoms with Crippen molar-refractivity contribution in [2.45, 2.75) is 56.2 Å². The van der Waals surface area contributed by atoms with Gasteiger partial charge in [-0.3, -0.25) is 4.79 Å². The Labute approximate surface area is 230 Å². The summed E-state index contributed by atoms with van der Waals surface area (Å²) in [4.78, 5) is 27.0. The number of rotatable bonds is 10. The topological polar surface area (TPSA) is 151 Å². The number of aliphatic hydroxyl groups excluding tert-OH is 1. The number of hydrogen-bond donors (Lipinski definition) is 4. The molecule has 2 aromatic rings. The normalized spacial score (nSPS) is 17.0. The van der Waals surface area contributed by atoms with Crippen molar-refractivity contribution < 1.29 is 27.9 Å². The van der Waals surface area contributed by atoms with Crippen LogP contribution >= 0.6 is 12.4 Å². The van der Waals surface area contributed by atoms with Gasteiger partial charge in [0, 0.05) is 31.2 Å². The minimum Gasteiger partial charge on any atom is -0.453 e. The van der Waals surface area contributed by atoms with Gasteiger partial charge in [-0.05, 0) is 42.0 Å². The average Bonchev–Trinajstić information content (AvgIpc) is 2.86. The Hall–Kier alpha value is -2.70. The van der Waals surface area contributed by atoms with Crippen LogP contribution in [0.4, 0.5) is 10.5 Å². The Bertz CT molecular complexity index is 1200. The van der Waals surface area contributed by atoms with Gasteiger partial charge in [-0.25, -0.2) is 17.9 Å². The first-order chi connectivity index (χ1) is 17.4. The number of carbonyl (C=O) groups is 2. The number of ether oxygens (including phenoxy) is 1. The fraction of sp³-hybridized carbons (Fsp3) is 0.462. The molecule has 0 saturated heterocycles. The van der Waals surface area contributed by atoms with Gasteiger partial charge in [0.25, 0.3) is 0 Å². The van der Waals surface area contributed by atoms with Gasteiger partial charge in [-0.15, -0.1) is 12.4 Å². The van der Waals surface area contributed by atoms with E-state index in [0.29, 0.717) is 13.0 Å². The molecule has 2 amide bonds. The molecule has 1 unspecified atom stereocenters. The lowest BCUT2D eigenvalue weighted by molar-refractivity contribution is -0.120. The molecule has 0 spiro atoms. The van der Waals surface area contributed by atoms with Crippen LogP contribution in [0.3, 0.4) is 0 Å². The maximum absolute atomic E-state index is 13.4. The van der Waals surface area contributed by atoms with Crippen LogP contribution in [0.15, 0.2) is 59.5 Å². The number of carbonyl (C=O) groups excluding carboxylic acids is 2. The first-order valence-corrected chi connectivity index (χ1v) is 13.6. The highest BCUT2D eigenvalue weighted by Crippen LogP contribution is 2.32. The summed E-state index contributed by atoms with van der Waals surface area (Å²) in [5.74, 6) is -0.139. The number of amides is 2. The van der Waals surface area contributed by atoms with Crippen LogP contribution < -0.4 is 20.7 Å². The number of nitrogens with one attached hydrogen (secondary N) is 2. The minimum atomic E-state index is -3.78. The molecule has 210 valence electrons. The first-order valence-electron chi connectivity index (χ1n) is 12.1. The molecule has 1 aliphatic heterocycles. The van der Waals surface area contributed by atoms with Gasteiger partial charge in [-0.1, -0.05) is 50.2 Å². The summed E-state index contributed by atoms with van der Waals surface area (Å²) in [5, 5.41) is 13.3. The molecular formula is C26H37ClN4O6S. The zero-order valence-corrected chi connectivity index (χ0v) is 23.4. The summed E-state index contributed by atoms with van der Waals surface area (Å²) < 4.78 is 32.0. The van der Waals surface area contributed by atoms with Gasteiger partial charge < -0.3 is 25.8 Å². The molecule has 1 aliphatic rings. The third-order valence-electron chi connectivity index (χ3n) is 6.41. The number of benzene rings is 2. The summed E-state index contributed by atoms with van der Waals surface area (Å²) in [6.07, 6.45) is -0.694. The second-order valence-electron chi connectivity index (χ2n) is 10.1. The van der Waals surface area contributed by atoms with E-state index in [1.165, 1.54) is 19.2 Å². The number of nitrogens with two attached hydrogens (primary N) is 1. The maximum atomic E-state index is 13.4. The molecule has 10 nitrogen and oxygen atoms in total. The van der Waals surface area contributed by atoms with Crippen LogP contribution in [0, 0.1) is 5.41 Å². The lowest BCUT2D eigenvalue weighted by atomic mass is 9.80. The Morgan fingerprint density at radius 3 is 2.45 bits per heavy atom. The number of aliphatic hydroxyl groups is 1. The summed E-state index contributed by atoms with van der Waals surface area (Å²) in [6.45, 7) is 3.82. The van der Waals surface area contributed by atoms with Crippen LogP contribution in [0.25, 0.3) is 0 Å². The zero-order chi connectivity index (χ0) is 27.2. The molecular weight excluding hydrogens is 532 g/mol. The number of para-hydroxylation sites is 1. The highest BCUT2D eigenvalue weighted by molar-refractivity contribution is 7.89. The van der Waals surface area contributed by atoms with Crippen LogP contribution in [-0.4, -0.2) is 63.9 Å². The first kappa shape index (κ1) is 31.5. The third kappa shape index (κ3) is 8.40. The summed E-state index contributed by atoms with van der Waals surface area (Å²) in [5.41, 5.74) is 7.37. The molecule has 2 aromatic carbocycles. The van der Waals surface area contributed by atoms with Crippen molar-refractivity contribution in [2.75, 3.05) is 25.1 Å². The summed E-state index contributed by atoms with van der Waals surface area (Å²) in [6, 6.07) is 14.4. The Balaban J connectivity index is 0.00000507. The fourth-order valence-corrected chi connectivity index (χ4v) is 5.61. The molecule has 38 heavy (non-hydrogen) atoms. The van der Waals surface area contributed by atoms with Crippen LogP contribution in [0.2, 0.25) is 0 Å². The van der Waals surface area contributed by atoms with E-state index in [0.717, 1.165) is 11.3 Å². The molecule has 0 saturated carbocycles. The molecule has 3 atom stereocenters. The van der Waals surface area contributed by atoms with E-state index in [4.69, 9.17) is 10.5 Å². The van der Waals surface area contributed by atoms with Crippen molar-refractivity contribution in [3.63, 3.8) is 0 Å². The van der Waals surface area contributed by atoms with Gasteiger partial charge in [0.05, 0.1) is 24.2 Å². The summed E-state index contributed by atoms with van der Waals surface area (Å²) >= 11 is 0. The van der Waals surface area contributed by atoms with Crippen molar-refractivity contribution in [2.24, 2.45) is 11.1 Å². The molecule has 5 N–H and O–H groups in total. The predicted octanol–water partition coefficient (Wildman–Crippen LogP) is 2.20. The monoisotopic (exact) mass is 568 g/mol. The van der Waals surface area contributed by atoms with Gasteiger partial charge in [0.15, 0.2) is 0 Å². The van der Waals surface area contributed by atoms with Crippen molar-refractivity contribution in [1.82, 2.24) is 10.0 Å². The van der Waals surface area contributed by atoms with Crippen molar-refractivity contribution >= 4 is 40.1 Å². The minimum absolute atomic E-state index is 0. The van der Waals surface area contributed by atoms with Crippen molar-refractivity contribution in [1.29, 1.82) is 0 Å². The van der Waals surface area contributed by atoms with Crippen molar-refractivity contribution in [3.8, 4) is 0 Å². The molecule has 3 rings (SSSR count). The Morgan fingerprint density at radius 1 is 1.16 bits per heavy atom. The second kappa shape index (κ2) is 13.4. The molecule has 0 aromatic heterocycles. The van der Waals surface area contributed by atoms with Gasteiger partial charge in [0.2, 0.25) is 15.9 Å². The quantitative estimate of drug-likeness (QED) is 0.343. The van der Waals surface area contributed by atoms with E-state index < -0.39 is 33.7 Å². The fourth-order valence-electron chi connectivity index (χ4n) is 4.53. The molecule has 0 fully saturated rings. The average molecular weight is 569 g/mol. The largest absolute Gasteiger partial charge is 0.453 e. The van der Waals surface area contributed by atoms with Gasteiger partial charge in [-0.2, -0.15) is 0 Å². The summed E-state index contributed by atoms with van der Waals surface area (Å²) in [7, 11) is -2.48. The molecule has 0 aliphatic carbocycles. The lowest BCUT2D eigenvalue weighted by Crippen LogP contribution is -2.51. The van der Waals surface area contributed by atoms with Crippen LogP contribution in [0.1, 0.15) is 32.3 Å². The Morgan fingerprint density at radius 2 is 1.79 bits per heavy atom. The maximum Gasteiger partial charge on any atom is 0.407 e. The number of nitrogens with zero attached hydrogens (tertiary/aromatic N) is 1. The van der Waals surface area contributed by atoms with E-state index in [-0.39, 0.29) is 48.6 Å². The highest BCUT2D eigenvalue weighted by Gasteiger charge is 2.34. The predicted molar refractivity (Wildman–Crippen MR) is 148 cm³/mol. The highest BCUT2D eigenvalue weighted by atomic mass is 35.5. The van der Waals surface area contributed by atoms with Crippen LogP contribution in [0.5, 0.6) is 0 Å². The number of anilines is 1. The lowest BCUT2D eigenvalue weighted by Gasteiger charge is -2.37. The number of sulfonamides is 1. The molecule has 12 heteroatoms. The van der Waals surface area contributed by atoms with E-state index in [9.17, 15) is 23.1 Å². The number of halogens is 1. The SMILES string of the molecule is COC(=O)NC1Cc2ccccc2N(C(=O)CC(C)(C)C[C@H](N)[C@@H](O)CNS(=O)(=O)c2ccccc2)C1.Cl. The number of fused-ring (bicyclic) bond motifs is 1. The number of hydrogen-bond acceptors (Lipinski definition) is 7. The van der Waals surface area contributed by atoms with Gasteiger partial charge >= 0.3 is 6.09 Å².